The molecule has 52 heavy (non-hydrogen) atoms. The number of likely N-dealkylation sites (tertiary alicyclic amines) is 2. The van der Waals surface area contributed by atoms with Gasteiger partial charge in [-0.25, -0.2) is 9.07 Å². The fraction of sp³-hybridized carbons (Fsp3) is 0.342. The second-order valence-electron chi connectivity index (χ2n) is 14.3. The summed E-state index contributed by atoms with van der Waals surface area (Å²) in [5.74, 6) is -0.728. The highest BCUT2D eigenvalue weighted by Crippen LogP contribution is 2.38. The number of nitrogens with zero attached hydrogens (tertiary/aromatic N) is 7. The van der Waals surface area contributed by atoms with Crippen molar-refractivity contribution in [1.29, 1.82) is 5.26 Å². The third kappa shape index (κ3) is 7.27. The maximum atomic E-state index is 14.0. The molecular formula is C38H38Cl2FN9O2. The normalized spacial score (nSPS) is 16.4. The summed E-state index contributed by atoms with van der Waals surface area (Å²) >= 11 is 12.9. The Kier molecular flexibility index (Phi) is 9.80. The van der Waals surface area contributed by atoms with Gasteiger partial charge in [-0.15, -0.1) is 5.10 Å². The summed E-state index contributed by atoms with van der Waals surface area (Å²) in [6.07, 6.45) is 4.75. The molecule has 0 aliphatic carbocycles. The van der Waals surface area contributed by atoms with Gasteiger partial charge in [-0.3, -0.25) is 14.7 Å². The van der Waals surface area contributed by atoms with Crippen molar-refractivity contribution in [2.24, 2.45) is 0 Å². The van der Waals surface area contributed by atoms with Gasteiger partial charge in [-0.05, 0) is 81.6 Å². The number of halogens is 3. The Morgan fingerprint density at radius 2 is 1.81 bits per heavy atom. The molecule has 0 bridgehead atoms. The smallest absolute Gasteiger partial charge is 0.254 e. The van der Waals surface area contributed by atoms with Crippen molar-refractivity contribution in [3.63, 3.8) is 0 Å². The van der Waals surface area contributed by atoms with E-state index < -0.39 is 18.0 Å². The second kappa shape index (κ2) is 14.3. The van der Waals surface area contributed by atoms with Crippen LogP contribution >= 0.6 is 23.2 Å². The fourth-order valence-corrected chi connectivity index (χ4v) is 7.28. The molecule has 3 N–H and O–H groups in total. The molecule has 2 fully saturated rings. The Balaban J connectivity index is 1.26. The quantitative estimate of drug-likeness (QED) is 0.149. The standard InChI is InChI=1S/C38H38Cl2FN9O2/c1-38(2,3)49-11-9-27(10-12-49)50-21-33(46-47-50)35(22-5-4-6-23(13-22)37(52)48-19-28(51)20-48)45-26-14-29-34(44-25-7-8-32(41)30(39)15-25)24(17-42)18-43-36(29)31(40)16-26/h4-8,13-16,18,21,27-28,35,45,51H,9-12,19-20H2,1-3H3,(H,43,44)/t35-/m0/s1. The number of hydrogen-bond acceptors (Lipinski definition) is 9. The third-order valence-electron chi connectivity index (χ3n) is 9.77. The molecule has 11 nitrogen and oxygen atoms in total. The molecule has 4 heterocycles. The van der Waals surface area contributed by atoms with Crippen molar-refractivity contribution in [2.75, 3.05) is 36.8 Å². The lowest BCUT2D eigenvalue weighted by atomic mass is 9.98. The average molecular weight is 743 g/mol. The highest BCUT2D eigenvalue weighted by Gasteiger charge is 2.31. The fourth-order valence-electron chi connectivity index (χ4n) is 6.83. The summed E-state index contributed by atoms with van der Waals surface area (Å²) in [6, 6.07) is 16.9. The van der Waals surface area contributed by atoms with Crippen LogP contribution in [0.4, 0.5) is 21.5 Å². The molecular weight excluding hydrogens is 704 g/mol. The van der Waals surface area contributed by atoms with Crippen molar-refractivity contribution < 1.29 is 14.3 Å². The molecule has 0 unspecified atom stereocenters. The number of rotatable bonds is 8. The number of fused-ring (bicyclic) bond motifs is 1. The number of carbonyl (C=O) groups is 1. The summed E-state index contributed by atoms with van der Waals surface area (Å²) in [7, 11) is 0. The maximum Gasteiger partial charge on any atom is 0.254 e. The lowest BCUT2D eigenvalue weighted by Crippen LogP contribution is -2.53. The Labute approximate surface area is 311 Å². The minimum Gasteiger partial charge on any atom is -0.389 e. The van der Waals surface area contributed by atoms with E-state index in [0.717, 1.165) is 31.5 Å². The zero-order chi connectivity index (χ0) is 36.7. The summed E-state index contributed by atoms with van der Waals surface area (Å²) in [5, 5.41) is 36.7. The number of aliphatic hydroxyl groups excluding tert-OH is 1. The Bertz CT molecular complexity index is 2180. The average Bonchev–Trinajstić information content (AvgIpc) is 3.61. The summed E-state index contributed by atoms with van der Waals surface area (Å²) in [4.78, 5) is 21.9. The summed E-state index contributed by atoms with van der Waals surface area (Å²) < 4.78 is 15.9. The van der Waals surface area contributed by atoms with E-state index in [2.05, 4.69) is 57.7 Å². The van der Waals surface area contributed by atoms with E-state index in [0.29, 0.717) is 57.3 Å². The van der Waals surface area contributed by atoms with Crippen LogP contribution < -0.4 is 10.6 Å². The van der Waals surface area contributed by atoms with Gasteiger partial charge in [0.15, 0.2) is 0 Å². The molecule has 14 heteroatoms. The van der Waals surface area contributed by atoms with Crippen LogP contribution in [0.25, 0.3) is 10.9 Å². The Morgan fingerprint density at radius 1 is 1.06 bits per heavy atom. The van der Waals surface area contributed by atoms with E-state index in [1.54, 1.807) is 17.0 Å². The van der Waals surface area contributed by atoms with E-state index in [1.165, 1.54) is 24.4 Å². The SMILES string of the molecule is CC(C)(C)N1CCC(n2cc([C@@H](Nc3cc(Cl)c4ncc(C#N)c(Nc5ccc(F)c(Cl)c5)c4c3)c3cccc(C(=O)N4CC(O)C4)c3)nn2)CC1. The lowest BCUT2D eigenvalue weighted by Gasteiger charge is -2.40. The number of nitrogens with one attached hydrogen (secondary N) is 2. The number of hydrogen-bond donors (Lipinski definition) is 3. The van der Waals surface area contributed by atoms with Gasteiger partial charge >= 0.3 is 0 Å². The number of piperidine rings is 1. The zero-order valence-electron chi connectivity index (χ0n) is 28.9. The van der Waals surface area contributed by atoms with E-state index >= 15 is 0 Å². The van der Waals surface area contributed by atoms with Crippen LogP contribution in [0, 0.1) is 17.1 Å². The molecule has 5 aromatic rings. The number of aliphatic hydroxyl groups is 1. The molecule has 2 aliphatic heterocycles. The van der Waals surface area contributed by atoms with Gasteiger partial charge in [0.2, 0.25) is 0 Å². The largest absolute Gasteiger partial charge is 0.389 e. The van der Waals surface area contributed by atoms with Gasteiger partial charge in [-0.1, -0.05) is 40.5 Å². The first kappa shape index (κ1) is 35.6. The minimum absolute atomic E-state index is 0.0658. The van der Waals surface area contributed by atoms with Crippen molar-refractivity contribution in [1.82, 2.24) is 29.8 Å². The van der Waals surface area contributed by atoms with Crippen molar-refractivity contribution in [3.05, 3.63) is 105 Å². The van der Waals surface area contributed by atoms with Gasteiger partial charge in [0, 0.05) is 60.2 Å². The second-order valence-corrected chi connectivity index (χ2v) is 15.2. The molecule has 1 atom stereocenters. The molecule has 0 spiro atoms. The molecule has 0 radical (unpaired) electrons. The molecule has 3 aromatic carbocycles. The molecule has 0 saturated carbocycles. The number of nitriles is 1. The predicted octanol–water partition coefficient (Wildman–Crippen LogP) is 7.34. The van der Waals surface area contributed by atoms with Gasteiger partial charge in [-0.2, -0.15) is 5.26 Å². The third-order valence-corrected chi connectivity index (χ3v) is 10.4. The Morgan fingerprint density at radius 3 is 2.50 bits per heavy atom. The number of pyridine rings is 1. The van der Waals surface area contributed by atoms with E-state index in [-0.39, 0.29) is 28.1 Å². The molecule has 2 aromatic heterocycles. The van der Waals surface area contributed by atoms with Crippen LogP contribution in [0.2, 0.25) is 10.0 Å². The maximum absolute atomic E-state index is 14.0. The predicted molar refractivity (Wildman–Crippen MR) is 200 cm³/mol. The Hall–Kier alpha value is -4.80. The van der Waals surface area contributed by atoms with Crippen LogP contribution in [0.15, 0.2) is 67.0 Å². The first-order chi connectivity index (χ1) is 24.9. The number of aromatic nitrogens is 4. The molecule has 1 amide bonds. The van der Waals surface area contributed by atoms with E-state index in [9.17, 15) is 19.6 Å². The highest BCUT2D eigenvalue weighted by atomic mass is 35.5. The van der Waals surface area contributed by atoms with Gasteiger partial charge in [0.25, 0.3) is 5.91 Å². The number of anilines is 3. The first-order valence-electron chi connectivity index (χ1n) is 17.1. The van der Waals surface area contributed by atoms with Crippen LogP contribution in [0.5, 0.6) is 0 Å². The molecule has 2 saturated heterocycles. The van der Waals surface area contributed by atoms with E-state index in [4.69, 9.17) is 23.2 Å². The molecule has 2 aliphatic rings. The van der Waals surface area contributed by atoms with Gasteiger partial charge in [0.05, 0.1) is 51.2 Å². The van der Waals surface area contributed by atoms with Crippen LogP contribution in [-0.2, 0) is 0 Å². The number of amides is 1. The lowest BCUT2D eigenvalue weighted by molar-refractivity contribution is 0.00589. The van der Waals surface area contributed by atoms with Crippen molar-refractivity contribution in [3.8, 4) is 6.07 Å². The molecule has 268 valence electrons. The summed E-state index contributed by atoms with van der Waals surface area (Å²) in [6.45, 7) is 9.18. The van der Waals surface area contributed by atoms with Crippen molar-refractivity contribution >= 4 is 57.1 Å². The summed E-state index contributed by atoms with van der Waals surface area (Å²) in [5.41, 5.74) is 4.18. The monoisotopic (exact) mass is 741 g/mol. The van der Waals surface area contributed by atoms with Crippen LogP contribution in [0.3, 0.4) is 0 Å². The van der Waals surface area contributed by atoms with Crippen LogP contribution in [-0.4, -0.2) is 78.6 Å². The minimum atomic E-state index is -0.564. The first-order valence-corrected chi connectivity index (χ1v) is 17.9. The molecule has 7 rings (SSSR count). The number of carbonyl (C=O) groups excluding carboxylic acids is 1. The van der Waals surface area contributed by atoms with Gasteiger partial charge < -0.3 is 20.6 Å². The van der Waals surface area contributed by atoms with Crippen LogP contribution in [0.1, 0.15) is 72.9 Å². The highest BCUT2D eigenvalue weighted by molar-refractivity contribution is 6.36. The number of benzene rings is 3. The van der Waals surface area contributed by atoms with Crippen molar-refractivity contribution in [2.45, 2.75) is 57.3 Å². The van der Waals surface area contributed by atoms with E-state index in [1.807, 2.05) is 35.1 Å². The topological polar surface area (TPSA) is 135 Å². The number of β-amino-alcohol motifs (C(OH)–C–C–N with tert-alkyl or cyclic N) is 1. The zero-order valence-corrected chi connectivity index (χ0v) is 30.5. The van der Waals surface area contributed by atoms with Gasteiger partial charge in [0.1, 0.15) is 17.6 Å².